The summed E-state index contributed by atoms with van der Waals surface area (Å²) in [7, 11) is 0. The number of alkyl halides is 3. The van der Waals surface area contributed by atoms with Crippen LogP contribution in [0.15, 0.2) is 84.9 Å². The molecule has 23 heavy (non-hydrogen) atoms. The van der Waals surface area contributed by atoms with Crippen LogP contribution in [0.4, 0.5) is 13.2 Å². The fourth-order valence-electron chi connectivity index (χ4n) is 2.64. The lowest BCUT2D eigenvalue weighted by Gasteiger charge is -2.22. The third-order valence-electron chi connectivity index (χ3n) is 3.63. The number of hydrogen-bond donors (Lipinski definition) is 0. The van der Waals surface area contributed by atoms with Gasteiger partial charge >= 0.3 is 6.18 Å². The Balaban J connectivity index is 2.22. The van der Waals surface area contributed by atoms with Crippen LogP contribution in [0.2, 0.25) is 0 Å². The quantitative estimate of drug-likeness (QED) is 0.542. The minimum absolute atomic E-state index is 0.192. The number of rotatable bonds is 3. The van der Waals surface area contributed by atoms with E-state index in [1.165, 1.54) is 12.1 Å². The SMILES string of the molecule is FC(F)(F)c1ccccc1[C](c1ccccc1)c1ccccc1. The molecule has 115 valence electrons. The molecule has 0 nitrogen and oxygen atoms in total. The lowest BCUT2D eigenvalue weighted by atomic mass is 9.83. The van der Waals surface area contributed by atoms with Gasteiger partial charge in [0.1, 0.15) is 0 Å². The second-order valence-corrected chi connectivity index (χ2v) is 5.15. The Hall–Kier alpha value is -2.55. The summed E-state index contributed by atoms with van der Waals surface area (Å²) in [6, 6.07) is 24.0. The summed E-state index contributed by atoms with van der Waals surface area (Å²) in [6.45, 7) is 0. The summed E-state index contributed by atoms with van der Waals surface area (Å²) in [5.74, 6) is 0.583. The van der Waals surface area contributed by atoms with Crippen LogP contribution < -0.4 is 0 Å². The molecule has 1 radical (unpaired) electrons. The van der Waals surface area contributed by atoms with Crippen molar-refractivity contribution >= 4 is 0 Å². The lowest BCUT2D eigenvalue weighted by molar-refractivity contribution is -0.138. The Morgan fingerprint density at radius 3 is 1.48 bits per heavy atom. The van der Waals surface area contributed by atoms with Gasteiger partial charge in [-0.05, 0) is 22.8 Å². The molecule has 0 fully saturated rings. The average molecular weight is 311 g/mol. The van der Waals surface area contributed by atoms with Gasteiger partial charge in [0.05, 0.1) is 11.5 Å². The zero-order valence-corrected chi connectivity index (χ0v) is 12.2. The molecule has 0 amide bonds. The Kier molecular flexibility index (Phi) is 4.20. The number of hydrogen-bond acceptors (Lipinski definition) is 0. The molecule has 0 bridgehead atoms. The average Bonchev–Trinajstić information content (AvgIpc) is 2.57. The molecule has 3 aromatic carbocycles. The molecule has 0 aliphatic rings. The largest absolute Gasteiger partial charge is 0.416 e. The molecular formula is C20H14F3. The molecule has 0 unspecified atom stereocenters. The first kappa shape index (κ1) is 15.3. The van der Waals surface area contributed by atoms with E-state index < -0.39 is 11.7 Å². The third kappa shape index (κ3) is 3.29. The summed E-state index contributed by atoms with van der Waals surface area (Å²) in [4.78, 5) is 0. The van der Waals surface area contributed by atoms with Gasteiger partial charge in [-0.3, -0.25) is 0 Å². The van der Waals surface area contributed by atoms with Crippen LogP contribution >= 0.6 is 0 Å². The molecule has 0 aliphatic carbocycles. The highest BCUT2D eigenvalue weighted by Gasteiger charge is 2.35. The smallest absolute Gasteiger partial charge is 0.166 e. The monoisotopic (exact) mass is 311 g/mol. The molecule has 0 saturated heterocycles. The zero-order valence-electron chi connectivity index (χ0n) is 12.2. The van der Waals surface area contributed by atoms with Crippen LogP contribution in [0.1, 0.15) is 22.3 Å². The third-order valence-corrected chi connectivity index (χ3v) is 3.63. The van der Waals surface area contributed by atoms with Gasteiger partial charge in [0.25, 0.3) is 0 Å². The van der Waals surface area contributed by atoms with Crippen molar-refractivity contribution in [2.75, 3.05) is 0 Å². The maximum absolute atomic E-state index is 13.4. The number of halogens is 3. The van der Waals surface area contributed by atoms with E-state index in [-0.39, 0.29) is 5.56 Å². The first-order valence-electron chi connectivity index (χ1n) is 7.22. The molecule has 0 spiro atoms. The fourth-order valence-corrected chi connectivity index (χ4v) is 2.64. The maximum Gasteiger partial charge on any atom is 0.416 e. The van der Waals surface area contributed by atoms with Gasteiger partial charge < -0.3 is 0 Å². The van der Waals surface area contributed by atoms with Crippen LogP contribution in [0.3, 0.4) is 0 Å². The molecule has 0 heterocycles. The second-order valence-electron chi connectivity index (χ2n) is 5.15. The van der Waals surface area contributed by atoms with Crippen molar-refractivity contribution in [3.8, 4) is 0 Å². The van der Waals surface area contributed by atoms with Crippen LogP contribution in [0.5, 0.6) is 0 Å². The molecule has 0 aliphatic heterocycles. The predicted molar refractivity (Wildman–Crippen MR) is 84.9 cm³/mol. The van der Waals surface area contributed by atoms with Crippen molar-refractivity contribution in [1.29, 1.82) is 0 Å². The Bertz CT molecular complexity index is 722. The molecule has 3 aromatic rings. The highest BCUT2D eigenvalue weighted by atomic mass is 19.4. The van der Waals surface area contributed by atoms with Gasteiger partial charge in [-0.25, -0.2) is 0 Å². The van der Waals surface area contributed by atoms with E-state index in [2.05, 4.69) is 0 Å². The van der Waals surface area contributed by atoms with Crippen molar-refractivity contribution in [3.63, 3.8) is 0 Å². The van der Waals surface area contributed by atoms with Crippen molar-refractivity contribution < 1.29 is 13.2 Å². The van der Waals surface area contributed by atoms with E-state index in [0.29, 0.717) is 5.92 Å². The predicted octanol–water partition coefficient (Wildman–Crippen LogP) is 5.72. The van der Waals surface area contributed by atoms with Gasteiger partial charge in [0.2, 0.25) is 0 Å². The summed E-state index contributed by atoms with van der Waals surface area (Å²) >= 11 is 0. The van der Waals surface area contributed by atoms with Crippen molar-refractivity contribution in [2.45, 2.75) is 6.18 Å². The highest BCUT2D eigenvalue weighted by molar-refractivity contribution is 5.59. The van der Waals surface area contributed by atoms with Crippen LogP contribution in [-0.4, -0.2) is 0 Å². The zero-order chi connectivity index (χ0) is 16.3. The van der Waals surface area contributed by atoms with Gasteiger partial charge in [-0.15, -0.1) is 0 Å². The molecule has 0 aromatic heterocycles. The first-order valence-corrected chi connectivity index (χ1v) is 7.22. The molecule has 0 N–H and O–H groups in total. The van der Waals surface area contributed by atoms with E-state index in [0.717, 1.165) is 17.2 Å². The van der Waals surface area contributed by atoms with Crippen LogP contribution in [-0.2, 0) is 6.18 Å². The highest BCUT2D eigenvalue weighted by Crippen LogP contribution is 2.39. The van der Waals surface area contributed by atoms with E-state index >= 15 is 0 Å². The molecule has 3 heteroatoms. The van der Waals surface area contributed by atoms with Crippen molar-refractivity contribution in [3.05, 3.63) is 113 Å². The van der Waals surface area contributed by atoms with Gasteiger partial charge in [-0.1, -0.05) is 78.9 Å². The standard InChI is InChI=1S/C20H14F3/c21-20(22,23)18-14-8-7-13-17(18)19(15-9-3-1-4-10-15)16-11-5-2-6-12-16/h1-14H. The van der Waals surface area contributed by atoms with E-state index in [1.807, 2.05) is 60.7 Å². The maximum atomic E-state index is 13.4. The molecule has 0 saturated carbocycles. The van der Waals surface area contributed by atoms with E-state index in [9.17, 15) is 13.2 Å². The van der Waals surface area contributed by atoms with Crippen LogP contribution in [0.25, 0.3) is 0 Å². The van der Waals surface area contributed by atoms with Gasteiger partial charge in [0, 0.05) is 0 Å². The minimum atomic E-state index is -4.40. The molecule has 0 atom stereocenters. The topological polar surface area (TPSA) is 0 Å². The fraction of sp³-hybridized carbons (Fsp3) is 0.0500. The normalized spacial score (nSPS) is 11.7. The van der Waals surface area contributed by atoms with E-state index in [4.69, 9.17) is 0 Å². The second kappa shape index (κ2) is 6.29. The van der Waals surface area contributed by atoms with Gasteiger partial charge in [0.15, 0.2) is 0 Å². The van der Waals surface area contributed by atoms with Crippen LogP contribution in [0, 0.1) is 5.92 Å². The number of benzene rings is 3. The Morgan fingerprint density at radius 2 is 1.00 bits per heavy atom. The molecule has 3 rings (SSSR count). The molecular weight excluding hydrogens is 297 g/mol. The van der Waals surface area contributed by atoms with Gasteiger partial charge in [-0.2, -0.15) is 13.2 Å². The summed E-state index contributed by atoms with van der Waals surface area (Å²) in [5, 5.41) is 0. The Labute approximate surface area is 133 Å². The summed E-state index contributed by atoms with van der Waals surface area (Å²) in [6.07, 6.45) is -4.40. The summed E-state index contributed by atoms with van der Waals surface area (Å²) < 4.78 is 40.3. The first-order chi connectivity index (χ1) is 11.1. The minimum Gasteiger partial charge on any atom is -0.166 e. The van der Waals surface area contributed by atoms with Crippen molar-refractivity contribution in [1.82, 2.24) is 0 Å². The summed E-state index contributed by atoms with van der Waals surface area (Å²) in [5.41, 5.74) is 1.09. The van der Waals surface area contributed by atoms with Crippen molar-refractivity contribution in [2.24, 2.45) is 0 Å². The Morgan fingerprint density at radius 1 is 0.565 bits per heavy atom. The lowest BCUT2D eigenvalue weighted by Crippen LogP contribution is -2.14. The van der Waals surface area contributed by atoms with E-state index in [1.54, 1.807) is 6.07 Å².